The van der Waals surface area contributed by atoms with Crippen molar-refractivity contribution >= 4 is 17.7 Å². The minimum atomic E-state index is 0.493. The van der Waals surface area contributed by atoms with Gasteiger partial charge in [-0.3, -0.25) is 4.99 Å². The van der Waals surface area contributed by atoms with Crippen molar-refractivity contribution in [2.45, 2.75) is 69.7 Å². The van der Waals surface area contributed by atoms with Gasteiger partial charge in [-0.2, -0.15) is 11.8 Å². The molecule has 2 rings (SSSR count). The van der Waals surface area contributed by atoms with E-state index in [0.717, 1.165) is 35.5 Å². The molecule has 0 aromatic carbocycles. The van der Waals surface area contributed by atoms with Crippen LogP contribution < -0.4 is 10.6 Å². The molecule has 0 bridgehead atoms. The van der Waals surface area contributed by atoms with Crippen LogP contribution in [0.25, 0.3) is 0 Å². The largest absolute Gasteiger partial charge is 0.359 e. The van der Waals surface area contributed by atoms with Gasteiger partial charge in [0.05, 0.1) is 12.2 Å². The molecule has 1 aliphatic rings. The third-order valence-electron chi connectivity index (χ3n) is 4.69. The average Bonchev–Trinajstić information content (AvgIpc) is 3.22. The van der Waals surface area contributed by atoms with Crippen molar-refractivity contribution in [2.24, 2.45) is 4.99 Å². The lowest BCUT2D eigenvalue weighted by atomic mass is 9.99. The highest BCUT2D eigenvalue weighted by Gasteiger charge is 2.24. The maximum atomic E-state index is 5.45. The minimum absolute atomic E-state index is 0.493. The molecule has 2 atom stereocenters. The zero-order valence-corrected chi connectivity index (χ0v) is 15.6. The molecule has 1 aromatic heterocycles. The molecule has 0 amide bonds. The summed E-state index contributed by atoms with van der Waals surface area (Å²) in [5.41, 5.74) is 1.06. The fourth-order valence-electron chi connectivity index (χ4n) is 3.16. The molecule has 1 aliphatic carbocycles. The van der Waals surface area contributed by atoms with Crippen LogP contribution in [0.5, 0.6) is 0 Å². The number of hydrogen-bond donors (Lipinski definition) is 2. The van der Waals surface area contributed by atoms with E-state index in [0.29, 0.717) is 18.5 Å². The van der Waals surface area contributed by atoms with E-state index in [4.69, 9.17) is 4.52 Å². The molecule has 5 nitrogen and oxygen atoms in total. The average molecular weight is 339 g/mol. The molecule has 6 heteroatoms. The Kier molecular flexibility index (Phi) is 7.27. The standard InChI is InChI=1S/C17H30N4OS/c1-5-12(6-2)16-10-14(22-21-16)11-19-17(18-3)20-13-7-8-15(9-13)23-4/h10,12-13,15H,5-9,11H2,1-4H3,(H2,18,19,20). The maximum Gasteiger partial charge on any atom is 0.191 e. The first-order chi connectivity index (χ1) is 11.2. The second kappa shape index (κ2) is 9.21. The maximum absolute atomic E-state index is 5.45. The van der Waals surface area contributed by atoms with Gasteiger partial charge in [-0.25, -0.2) is 0 Å². The monoisotopic (exact) mass is 338 g/mol. The van der Waals surface area contributed by atoms with E-state index in [-0.39, 0.29) is 0 Å². The van der Waals surface area contributed by atoms with Gasteiger partial charge in [0.25, 0.3) is 0 Å². The second-order valence-corrected chi connectivity index (χ2v) is 7.31. The number of nitrogens with one attached hydrogen (secondary N) is 2. The fraction of sp³-hybridized carbons (Fsp3) is 0.765. The van der Waals surface area contributed by atoms with Crippen molar-refractivity contribution in [1.82, 2.24) is 15.8 Å². The molecule has 0 spiro atoms. The number of guanidine groups is 1. The van der Waals surface area contributed by atoms with Gasteiger partial charge in [0, 0.05) is 30.3 Å². The van der Waals surface area contributed by atoms with Gasteiger partial charge in [0.2, 0.25) is 0 Å². The van der Waals surface area contributed by atoms with Crippen LogP contribution in [0.3, 0.4) is 0 Å². The first-order valence-corrected chi connectivity index (χ1v) is 9.94. The van der Waals surface area contributed by atoms with Crippen LogP contribution in [0.15, 0.2) is 15.6 Å². The van der Waals surface area contributed by atoms with E-state index in [9.17, 15) is 0 Å². The zero-order chi connectivity index (χ0) is 16.7. The van der Waals surface area contributed by atoms with Gasteiger partial charge < -0.3 is 15.2 Å². The first-order valence-electron chi connectivity index (χ1n) is 8.65. The summed E-state index contributed by atoms with van der Waals surface area (Å²) in [5, 5.41) is 11.8. The highest BCUT2D eigenvalue weighted by atomic mass is 32.2. The van der Waals surface area contributed by atoms with Gasteiger partial charge in [-0.15, -0.1) is 0 Å². The fourth-order valence-corrected chi connectivity index (χ4v) is 3.95. The molecular formula is C17H30N4OS. The first kappa shape index (κ1) is 18.2. The molecule has 1 aromatic rings. The van der Waals surface area contributed by atoms with E-state index in [1.807, 2.05) is 18.8 Å². The summed E-state index contributed by atoms with van der Waals surface area (Å²) >= 11 is 1.97. The molecule has 2 N–H and O–H groups in total. The molecule has 1 heterocycles. The Bertz CT molecular complexity index is 499. The van der Waals surface area contributed by atoms with Crippen molar-refractivity contribution in [3.8, 4) is 0 Å². The van der Waals surface area contributed by atoms with Gasteiger partial charge >= 0.3 is 0 Å². The van der Waals surface area contributed by atoms with Crippen LogP contribution >= 0.6 is 11.8 Å². The predicted molar refractivity (Wildman–Crippen MR) is 98.1 cm³/mol. The number of nitrogens with zero attached hydrogens (tertiary/aromatic N) is 2. The van der Waals surface area contributed by atoms with E-state index < -0.39 is 0 Å². The third kappa shape index (κ3) is 5.16. The number of rotatable bonds is 7. The van der Waals surface area contributed by atoms with E-state index >= 15 is 0 Å². The lowest BCUT2D eigenvalue weighted by Gasteiger charge is -2.16. The lowest BCUT2D eigenvalue weighted by molar-refractivity contribution is 0.368. The van der Waals surface area contributed by atoms with Crippen LogP contribution in [-0.2, 0) is 6.54 Å². The SMILES string of the molecule is CCC(CC)c1cc(CNC(=NC)NC2CCC(SC)C2)on1. The normalized spacial score (nSPS) is 21.9. The summed E-state index contributed by atoms with van der Waals surface area (Å²) < 4.78 is 5.45. The quantitative estimate of drug-likeness (QED) is 0.588. The van der Waals surface area contributed by atoms with Crippen molar-refractivity contribution in [3.05, 3.63) is 17.5 Å². The van der Waals surface area contributed by atoms with Crippen LogP contribution in [0.4, 0.5) is 0 Å². The molecule has 1 saturated carbocycles. The van der Waals surface area contributed by atoms with Crippen molar-refractivity contribution in [1.29, 1.82) is 0 Å². The van der Waals surface area contributed by atoms with Gasteiger partial charge in [-0.05, 0) is 38.4 Å². The summed E-state index contributed by atoms with van der Waals surface area (Å²) in [7, 11) is 1.81. The van der Waals surface area contributed by atoms with E-state index in [2.05, 4.69) is 47.0 Å². The Morgan fingerprint density at radius 1 is 1.43 bits per heavy atom. The molecule has 23 heavy (non-hydrogen) atoms. The summed E-state index contributed by atoms with van der Waals surface area (Å²) in [6.45, 7) is 5.00. The van der Waals surface area contributed by atoms with Crippen LogP contribution in [0.1, 0.15) is 63.3 Å². The topological polar surface area (TPSA) is 62.5 Å². The second-order valence-electron chi connectivity index (χ2n) is 6.17. The van der Waals surface area contributed by atoms with Crippen LogP contribution in [0, 0.1) is 0 Å². The third-order valence-corrected chi connectivity index (χ3v) is 5.79. The zero-order valence-electron chi connectivity index (χ0n) is 14.8. The van der Waals surface area contributed by atoms with Crippen molar-refractivity contribution in [2.75, 3.05) is 13.3 Å². The summed E-state index contributed by atoms with van der Waals surface area (Å²) in [4.78, 5) is 4.32. The summed E-state index contributed by atoms with van der Waals surface area (Å²) in [5.74, 6) is 2.20. The van der Waals surface area contributed by atoms with E-state index in [1.165, 1.54) is 19.3 Å². The highest BCUT2D eigenvalue weighted by Crippen LogP contribution is 2.28. The van der Waals surface area contributed by atoms with Crippen LogP contribution in [-0.4, -0.2) is 35.7 Å². The Morgan fingerprint density at radius 3 is 2.83 bits per heavy atom. The predicted octanol–water partition coefficient (Wildman–Crippen LogP) is 3.53. The van der Waals surface area contributed by atoms with E-state index in [1.54, 1.807) is 0 Å². The molecular weight excluding hydrogens is 308 g/mol. The molecule has 1 fully saturated rings. The number of hydrogen-bond acceptors (Lipinski definition) is 4. The Morgan fingerprint density at radius 2 is 2.22 bits per heavy atom. The van der Waals surface area contributed by atoms with Crippen LogP contribution in [0.2, 0.25) is 0 Å². The van der Waals surface area contributed by atoms with Gasteiger partial charge in [0.15, 0.2) is 11.7 Å². The lowest BCUT2D eigenvalue weighted by Crippen LogP contribution is -2.42. The smallest absolute Gasteiger partial charge is 0.191 e. The highest BCUT2D eigenvalue weighted by molar-refractivity contribution is 7.99. The Hall–Kier alpha value is -1.17. The Labute approximate surface area is 144 Å². The Balaban J connectivity index is 1.82. The molecule has 130 valence electrons. The number of thioether (sulfide) groups is 1. The molecule has 0 radical (unpaired) electrons. The van der Waals surface area contributed by atoms with Crippen molar-refractivity contribution < 1.29 is 4.52 Å². The molecule has 0 saturated heterocycles. The number of aromatic nitrogens is 1. The van der Waals surface area contributed by atoms with Gasteiger partial charge in [-0.1, -0.05) is 19.0 Å². The summed E-state index contributed by atoms with van der Waals surface area (Å²) in [6, 6.07) is 2.59. The molecule has 0 aliphatic heterocycles. The molecule has 2 unspecified atom stereocenters. The summed E-state index contributed by atoms with van der Waals surface area (Å²) in [6.07, 6.45) is 8.10. The minimum Gasteiger partial charge on any atom is -0.359 e. The van der Waals surface area contributed by atoms with Crippen molar-refractivity contribution in [3.63, 3.8) is 0 Å². The van der Waals surface area contributed by atoms with Gasteiger partial charge in [0.1, 0.15) is 0 Å². The number of aliphatic imine (C=N–C) groups is 1.